The molecule has 156 valence electrons. The van der Waals surface area contributed by atoms with Gasteiger partial charge in [0.1, 0.15) is 13.2 Å². The number of hydrogen-bond acceptors (Lipinski definition) is 5. The van der Waals surface area contributed by atoms with Gasteiger partial charge < -0.3 is 19.5 Å². The van der Waals surface area contributed by atoms with Crippen LogP contribution in [0.3, 0.4) is 0 Å². The highest BCUT2D eigenvalue weighted by Gasteiger charge is 2.37. The molecule has 0 aromatic heterocycles. The van der Waals surface area contributed by atoms with Crippen LogP contribution in [0.4, 0.5) is 0 Å². The van der Waals surface area contributed by atoms with Crippen molar-refractivity contribution in [3.8, 4) is 36.2 Å². The molecule has 0 heterocycles. The first kappa shape index (κ1) is 23.2. The summed E-state index contributed by atoms with van der Waals surface area (Å²) in [6.07, 6.45) is 11.1. The zero-order valence-corrected chi connectivity index (χ0v) is 18.0. The lowest BCUT2D eigenvalue weighted by Gasteiger charge is -2.27. The van der Waals surface area contributed by atoms with E-state index >= 15 is 0 Å². The third kappa shape index (κ3) is 5.97. The molecule has 1 atom stereocenters. The third-order valence-corrected chi connectivity index (χ3v) is 4.94. The van der Waals surface area contributed by atoms with Crippen LogP contribution in [-0.4, -0.2) is 32.8 Å². The fraction of sp³-hybridized carbons (Fsp3) is 0.292. The van der Waals surface area contributed by atoms with Crippen molar-refractivity contribution < 1.29 is 19.0 Å². The number of aryl methyl sites for hydroxylation is 1. The highest BCUT2D eigenvalue weighted by atomic mass is 32.1. The second-order valence-corrected chi connectivity index (χ2v) is 7.12. The molecule has 1 unspecified atom stereocenters. The molecular weight excluding hydrogens is 398 g/mol. The lowest BCUT2D eigenvalue weighted by Crippen LogP contribution is -2.43. The molecule has 2 rings (SSSR count). The monoisotopic (exact) mass is 423 g/mol. The molecule has 0 bridgehead atoms. The van der Waals surface area contributed by atoms with Crippen molar-refractivity contribution in [2.45, 2.75) is 18.3 Å². The Morgan fingerprint density at radius 1 is 1.10 bits per heavy atom. The summed E-state index contributed by atoms with van der Waals surface area (Å²) in [5.41, 5.74) is 2.64. The van der Waals surface area contributed by atoms with E-state index in [0.29, 0.717) is 30.0 Å². The number of carbonyl (C=O) groups excluding carboxylic acids is 1. The number of amides is 1. The van der Waals surface area contributed by atoms with Crippen LogP contribution in [0.15, 0.2) is 42.5 Å². The first-order valence-electron chi connectivity index (χ1n) is 9.33. The van der Waals surface area contributed by atoms with E-state index in [2.05, 4.69) is 29.8 Å². The van der Waals surface area contributed by atoms with Gasteiger partial charge in [-0.1, -0.05) is 47.7 Å². The van der Waals surface area contributed by atoms with E-state index in [9.17, 15) is 4.79 Å². The van der Waals surface area contributed by atoms with Crippen LogP contribution in [0.1, 0.15) is 16.7 Å². The first-order chi connectivity index (χ1) is 14.4. The molecule has 0 aliphatic rings. The maximum Gasteiger partial charge on any atom is 0.267 e. The minimum absolute atomic E-state index is 0.0406. The van der Waals surface area contributed by atoms with E-state index in [1.54, 1.807) is 25.3 Å². The molecule has 1 N–H and O–H groups in total. The number of methoxy groups -OCH3 is 1. The number of hydrogen-bond donors (Lipinski definition) is 2. The zero-order valence-electron chi connectivity index (χ0n) is 17.1. The molecule has 0 spiro atoms. The van der Waals surface area contributed by atoms with Crippen LogP contribution in [0.2, 0.25) is 0 Å². The van der Waals surface area contributed by atoms with Crippen molar-refractivity contribution in [1.29, 1.82) is 0 Å². The Labute approximate surface area is 183 Å². The standard InChI is InChI=1S/C24H25NO4S/c1-5-15-28-21-12-9-19(17-22(21)27-4)13-14-25-23(26)24(30,29-16-6-2)20-10-7-18(3)8-11-20/h1-2,7-12,17,30H,13-16H2,3-4H3,(H,25,26). The normalized spacial score (nSPS) is 12.2. The van der Waals surface area contributed by atoms with Crippen LogP contribution in [0, 0.1) is 31.6 Å². The van der Waals surface area contributed by atoms with Crippen molar-refractivity contribution in [3.63, 3.8) is 0 Å². The largest absolute Gasteiger partial charge is 0.493 e. The molecule has 0 saturated heterocycles. The number of ether oxygens (including phenoxy) is 3. The Balaban J connectivity index is 2.06. The molecule has 1 amide bonds. The summed E-state index contributed by atoms with van der Waals surface area (Å²) in [7, 11) is 1.56. The molecule has 0 fully saturated rings. The van der Waals surface area contributed by atoms with Gasteiger partial charge in [-0.2, -0.15) is 0 Å². The molecular formula is C24H25NO4S. The molecule has 6 heteroatoms. The first-order valence-corrected chi connectivity index (χ1v) is 9.77. The van der Waals surface area contributed by atoms with E-state index in [-0.39, 0.29) is 19.1 Å². The predicted molar refractivity (Wildman–Crippen MR) is 121 cm³/mol. The second-order valence-electron chi connectivity index (χ2n) is 6.49. The number of rotatable bonds is 10. The van der Waals surface area contributed by atoms with Crippen molar-refractivity contribution in [3.05, 3.63) is 59.2 Å². The maximum absolute atomic E-state index is 12.9. The van der Waals surface area contributed by atoms with E-state index in [1.165, 1.54) is 0 Å². The number of terminal acetylenes is 2. The lowest BCUT2D eigenvalue weighted by molar-refractivity contribution is -0.135. The van der Waals surface area contributed by atoms with Crippen molar-refractivity contribution in [2.75, 3.05) is 26.9 Å². The van der Waals surface area contributed by atoms with Crippen LogP contribution in [0.5, 0.6) is 11.5 Å². The second kappa shape index (κ2) is 11.2. The van der Waals surface area contributed by atoms with Crippen molar-refractivity contribution in [2.24, 2.45) is 0 Å². The van der Waals surface area contributed by atoms with Gasteiger partial charge in [0, 0.05) is 12.1 Å². The highest BCUT2D eigenvalue weighted by molar-refractivity contribution is 7.82. The minimum Gasteiger partial charge on any atom is -0.493 e. The summed E-state index contributed by atoms with van der Waals surface area (Å²) < 4.78 is 16.4. The summed E-state index contributed by atoms with van der Waals surface area (Å²) in [4.78, 5) is 11.4. The quantitative estimate of drug-likeness (QED) is 0.350. The Kier molecular flexibility index (Phi) is 8.68. The topological polar surface area (TPSA) is 56.8 Å². The van der Waals surface area contributed by atoms with Gasteiger partial charge in [0.25, 0.3) is 5.91 Å². The van der Waals surface area contributed by atoms with Crippen LogP contribution < -0.4 is 14.8 Å². The molecule has 0 saturated carbocycles. The van der Waals surface area contributed by atoms with E-state index in [1.807, 2.05) is 31.2 Å². The smallest absolute Gasteiger partial charge is 0.267 e. The van der Waals surface area contributed by atoms with Gasteiger partial charge in [0.05, 0.1) is 7.11 Å². The lowest BCUT2D eigenvalue weighted by atomic mass is 10.1. The van der Waals surface area contributed by atoms with Gasteiger partial charge in [0.15, 0.2) is 11.5 Å². The fourth-order valence-corrected chi connectivity index (χ4v) is 3.04. The summed E-state index contributed by atoms with van der Waals surface area (Å²) in [5.74, 6) is 5.57. The molecule has 2 aromatic carbocycles. The van der Waals surface area contributed by atoms with E-state index < -0.39 is 4.93 Å². The minimum atomic E-state index is -1.48. The fourth-order valence-electron chi connectivity index (χ4n) is 2.75. The highest BCUT2D eigenvalue weighted by Crippen LogP contribution is 2.31. The number of carbonyl (C=O) groups is 1. The Hall–Kier alpha value is -3.06. The Morgan fingerprint density at radius 3 is 2.43 bits per heavy atom. The summed E-state index contributed by atoms with van der Waals surface area (Å²) in [6.45, 7) is 2.46. The van der Waals surface area contributed by atoms with E-state index in [4.69, 9.17) is 27.1 Å². The van der Waals surface area contributed by atoms with E-state index in [0.717, 1.165) is 11.1 Å². The summed E-state index contributed by atoms with van der Waals surface area (Å²) >= 11 is 4.53. The third-order valence-electron chi connectivity index (χ3n) is 4.35. The van der Waals surface area contributed by atoms with Crippen LogP contribution in [-0.2, 0) is 20.9 Å². The SMILES string of the molecule is C#CCOc1ccc(CCNC(=O)C(S)(OCC#C)c2ccc(C)cc2)cc1OC. The van der Waals surface area contributed by atoms with Gasteiger partial charge in [-0.25, -0.2) is 0 Å². The maximum atomic E-state index is 12.9. The molecule has 30 heavy (non-hydrogen) atoms. The molecule has 2 aromatic rings. The predicted octanol–water partition coefficient (Wildman–Crippen LogP) is 3.11. The van der Waals surface area contributed by atoms with Crippen molar-refractivity contribution in [1.82, 2.24) is 5.32 Å². The number of thiol groups is 1. The van der Waals surface area contributed by atoms with Gasteiger partial charge in [-0.15, -0.1) is 25.5 Å². The van der Waals surface area contributed by atoms with Crippen LogP contribution in [0.25, 0.3) is 0 Å². The number of nitrogens with one attached hydrogen (secondary N) is 1. The van der Waals surface area contributed by atoms with Gasteiger partial charge in [0.2, 0.25) is 4.93 Å². The average molecular weight is 424 g/mol. The summed E-state index contributed by atoms with van der Waals surface area (Å²) in [5, 5.41) is 2.87. The van der Waals surface area contributed by atoms with Gasteiger partial charge in [-0.05, 0) is 31.0 Å². The molecule has 0 aliphatic heterocycles. The Bertz CT molecular complexity index is 943. The molecule has 5 nitrogen and oxygen atoms in total. The molecule has 0 aliphatic carbocycles. The van der Waals surface area contributed by atoms with Gasteiger partial charge in [-0.3, -0.25) is 4.79 Å². The average Bonchev–Trinajstić information content (AvgIpc) is 2.76. The summed E-state index contributed by atoms with van der Waals surface area (Å²) in [6, 6.07) is 12.9. The van der Waals surface area contributed by atoms with Gasteiger partial charge >= 0.3 is 0 Å². The zero-order chi connectivity index (χ0) is 22.0. The Morgan fingerprint density at radius 2 is 1.80 bits per heavy atom. The number of benzene rings is 2. The van der Waals surface area contributed by atoms with Crippen LogP contribution >= 0.6 is 12.6 Å². The van der Waals surface area contributed by atoms with Crippen molar-refractivity contribution >= 4 is 18.5 Å². The molecule has 0 radical (unpaired) electrons.